The number of carbonyl (C=O) groups is 1. The van der Waals surface area contributed by atoms with Crippen molar-refractivity contribution in [1.29, 1.82) is 0 Å². The van der Waals surface area contributed by atoms with Crippen molar-refractivity contribution in [2.24, 2.45) is 0 Å². The Hall–Kier alpha value is -3.16. The van der Waals surface area contributed by atoms with Crippen molar-refractivity contribution in [2.75, 3.05) is 5.32 Å². The van der Waals surface area contributed by atoms with E-state index in [1.54, 1.807) is 53.1 Å². The third-order valence-electron chi connectivity index (χ3n) is 4.78. The first kappa shape index (κ1) is 21.1. The summed E-state index contributed by atoms with van der Waals surface area (Å²) in [6.07, 6.45) is 1.47. The summed E-state index contributed by atoms with van der Waals surface area (Å²) >= 11 is 5.95. The van der Waals surface area contributed by atoms with Gasteiger partial charge in [0.2, 0.25) is 5.91 Å². The van der Waals surface area contributed by atoms with Crippen molar-refractivity contribution in [3.05, 3.63) is 95.4 Å². The number of rotatable bonds is 6. The van der Waals surface area contributed by atoms with Gasteiger partial charge < -0.3 is 9.88 Å². The van der Waals surface area contributed by atoms with Crippen molar-refractivity contribution in [3.8, 4) is 0 Å². The van der Waals surface area contributed by atoms with Gasteiger partial charge >= 0.3 is 0 Å². The SMILES string of the molecule is O=C(Cn1cc(S(=O)(=O)Cc2ccc(F)cc2)c2ccccc21)Nc1cccc(Cl)c1. The fourth-order valence-electron chi connectivity index (χ4n) is 3.39. The number of halogens is 2. The van der Waals surface area contributed by atoms with Crippen LogP contribution < -0.4 is 5.32 Å². The van der Waals surface area contributed by atoms with Gasteiger partial charge in [-0.3, -0.25) is 4.79 Å². The van der Waals surface area contributed by atoms with Crippen LogP contribution in [0.3, 0.4) is 0 Å². The van der Waals surface area contributed by atoms with Crippen molar-refractivity contribution in [3.63, 3.8) is 0 Å². The molecular formula is C23H18ClFN2O3S. The second-order valence-corrected chi connectivity index (χ2v) is 9.48. The predicted octanol–water partition coefficient (Wildman–Crippen LogP) is 5.05. The zero-order valence-electron chi connectivity index (χ0n) is 16.3. The molecule has 1 N–H and O–H groups in total. The van der Waals surface area contributed by atoms with Crippen molar-refractivity contribution in [2.45, 2.75) is 17.2 Å². The average molecular weight is 457 g/mol. The fraction of sp³-hybridized carbons (Fsp3) is 0.0870. The number of aromatic nitrogens is 1. The van der Waals surface area contributed by atoms with E-state index in [9.17, 15) is 17.6 Å². The average Bonchev–Trinajstić information content (AvgIpc) is 3.09. The third kappa shape index (κ3) is 4.78. The zero-order chi connectivity index (χ0) is 22.0. The lowest BCUT2D eigenvalue weighted by Crippen LogP contribution is -2.18. The van der Waals surface area contributed by atoms with E-state index >= 15 is 0 Å². The number of nitrogens with zero attached hydrogens (tertiary/aromatic N) is 1. The molecule has 0 bridgehead atoms. The van der Waals surface area contributed by atoms with E-state index in [-0.39, 0.29) is 23.1 Å². The van der Waals surface area contributed by atoms with E-state index in [1.165, 1.54) is 30.5 Å². The van der Waals surface area contributed by atoms with E-state index in [0.717, 1.165) is 0 Å². The summed E-state index contributed by atoms with van der Waals surface area (Å²) in [4.78, 5) is 12.7. The van der Waals surface area contributed by atoms with Gasteiger partial charge in [-0.1, -0.05) is 48.0 Å². The molecule has 5 nitrogen and oxygen atoms in total. The second kappa shape index (κ2) is 8.53. The van der Waals surface area contributed by atoms with Crippen molar-refractivity contribution in [1.82, 2.24) is 4.57 Å². The lowest BCUT2D eigenvalue weighted by Gasteiger charge is -2.07. The highest BCUT2D eigenvalue weighted by Gasteiger charge is 2.22. The minimum Gasteiger partial charge on any atom is -0.337 e. The Morgan fingerprint density at radius 1 is 1.00 bits per heavy atom. The van der Waals surface area contributed by atoms with Gasteiger partial charge in [-0.2, -0.15) is 0 Å². The molecule has 4 rings (SSSR count). The Kier molecular flexibility index (Phi) is 5.80. The molecule has 0 unspecified atom stereocenters. The quantitative estimate of drug-likeness (QED) is 0.441. The lowest BCUT2D eigenvalue weighted by atomic mass is 10.2. The maximum Gasteiger partial charge on any atom is 0.244 e. The molecule has 31 heavy (non-hydrogen) atoms. The summed E-state index contributed by atoms with van der Waals surface area (Å²) in [7, 11) is -3.72. The normalized spacial score (nSPS) is 11.5. The van der Waals surface area contributed by atoms with Crippen LogP contribution in [0.2, 0.25) is 5.02 Å². The molecule has 1 amide bonds. The van der Waals surface area contributed by atoms with Crippen molar-refractivity contribution >= 4 is 43.9 Å². The Morgan fingerprint density at radius 2 is 1.74 bits per heavy atom. The fourth-order valence-corrected chi connectivity index (χ4v) is 5.16. The van der Waals surface area contributed by atoms with Crippen LogP contribution in [0.25, 0.3) is 10.9 Å². The monoisotopic (exact) mass is 456 g/mol. The molecule has 0 atom stereocenters. The van der Waals surface area contributed by atoms with Crippen LogP contribution in [-0.4, -0.2) is 18.9 Å². The van der Waals surface area contributed by atoms with Crippen LogP contribution in [-0.2, 0) is 26.9 Å². The number of benzene rings is 3. The van der Waals surface area contributed by atoms with Crippen LogP contribution >= 0.6 is 11.6 Å². The minimum atomic E-state index is -3.72. The number of amides is 1. The molecule has 0 saturated heterocycles. The summed E-state index contributed by atoms with van der Waals surface area (Å²) in [5.74, 6) is -1.01. The molecular weight excluding hydrogens is 439 g/mol. The van der Waals surface area contributed by atoms with Crippen LogP contribution in [0, 0.1) is 5.82 Å². The first-order valence-corrected chi connectivity index (χ1v) is 11.5. The molecule has 0 saturated carbocycles. The molecule has 3 aromatic carbocycles. The smallest absolute Gasteiger partial charge is 0.244 e. The zero-order valence-corrected chi connectivity index (χ0v) is 17.8. The number of hydrogen-bond donors (Lipinski definition) is 1. The molecule has 8 heteroatoms. The van der Waals surface area contributed by atoms with Gasteiger partial charge in [-0.05, 0) is 42.0 Å². The first-order valence-electron chi connectivity index (χ1n) is 9.42. The van der Waals surface area contributed by atoms with E-state index in [2.05, 4.69) is 5.32 Å². The van der Waals surface area contributed by atoms with Crippen LogP contribution in [0.5, 0.6) is 0 Å². The Labute approximate surface area is 184 Å². The van der Waals surface area contributed by atoms with Gasteiger partial charge in [0.1, 0.15) is 12.4 Å². The summed E-state index contributed by atoms with van der Waals surface area (Å²) in [6.45, 7) is -0.0703. The first-order chi connectivity index (χ1) is 14.8. The molecule has 158 valence electrons. The van der Waals surface area contributed by atoms with Gasteiger partial charge in [-0.25, -0.2) is 12.8 Å². The maximum absolute atomic E-state index is 13.2. The number of carbonyl (C=O) groups excluding carboxylic acids is 1. The molecule has 0 radical (unpaired) electrons. The number of fused-ring (bicyclic) bond motifs is 1. The standard InChI is InChI=1S/C23H18ClFN2O3S/c24-17-4-3-5-19(12-17)26-23(28)14-27-13-22(20-6-1-2-7-21(20)27)31(29,30)15-16-8-10-18(25)11-9-16/h1-13H,14-15H2,(H,26,28). The molecule has 0 aliphatic carbocycles. The van der Waals surface area contributed by atoms with Crippen molar-refractivity contribution < 1.29 is 17.6 Å². The molecule has 0 aliphatic rings. The second-order valence-electron chi connectivity index (χ2n) is 7.08. The van der Waals surface area contributed by atoms with E-state index in [1.807, 2.05) is 0 Å². The number of hydrogen-bond acceptors (Lipinski definition) is 3. The number of nitrogens with one attached hydrogen (secondary N) is 1. The summed E-state index contributed by atoms with van der Waals surface area (Å²) in [6, 6.07) is 19.1. The Balaban J connectivity index is 1.64. The number of sulfone groups is 1. The Bertz CT molecular complexity index is 1370. The minimum absolute atomic E-state index is 0.0703. The predicted molar refractivity (Wildman–Crippen MR) is 119 cm³/mol. The van der Waals surface area contributed by atoms with Crippen LogP contribution in [0.1, 0.15) is 5.56 Å². The molecule has 0 spiro atoms. The highest BCUT2D eigenvalue weighted by molar-refractivity contribution is 7.90. The van der Waals surface area contributed by atoms with E-state index in [0.29, 0.717) is 27.2 Å². The maximum atomic E-state index is 13.2. The van der Waals surface area contributed by atoms with Gasteiger partial charge in [0.25, 0.3) is 0 Å². The molecule has 0 aliphatic heterocycles. The molecule has 4 aromatic rings. The lowest BCUT2D eigenvalue weighted by molar-refractivity contribution is -0.116. The molecule has 1 aromatic heterocycles. The van der Waals surface area contributed by atoms with Gasteiger partial charge in [0.15, 0.2) is 9.84 Å². The topological polar surface area (TPSA) is 68.2 Å². The summed E-state index contributed by atoms with van der Waals surface area (Å²) in [5.41, 5.74) is 1.66. The van der Waals surface area contributed by atoms with Gasteiger partial charge in [0.05, 0.1) is 10.6 Å². The highest BCUT2D eigenvalue weighted by atomic mass is 35.5. The molecule has 1 heterocycles. The third-order valence-corrected chi connectivity index (χ3v) is 6.72. The summed E-state index contributed by atoms with van der Waals surface area (Å²) < 4.78 is 41.0. The van der Waals surface area contributed by atoms with Crippen LogP contribution in [0.15, 0.2) is 83.9 Å². The largest absolute Gasteiger partial charge is 0.337 e. The Morgan fingerprint density at radius 3 is 2.48 bits per heavy atom. The van der Waals surface area contributed by atoms with E-state index < -0.39 is 15.7 Å². The molecule has 0 fully saturated rings. The number of anilines is 1. The highest BCUT2D eigenvalue weighted by Crippen LogP contribution is 2.28. The van der Waals surface area contributed by atoms with E-state index in [4.69, 9.17) is 11.6 Å². The number of para-hydroxylation sites is 1. The van der Waals surface area contributed by atoms with Gasteiger partial charge in [0, 0.05) is 27.8 Å². The van der Waals surface area contributed by atoms with Gasteiger partial charge in [-0.15, -0.1) is 0 Å². The van der Waals surface area contributed by atoms with Crippen LogP contribution in [0.4, 0.5) is 10.1 Å². The summed E-state index contributed by atoms with van der Waals surface area (Å²) in [5, 5.41) is 3.79.